The molecule has 4 rings (SSSR count). The fourth-order valence-corrected chi connectivity index (χ4v) is 3.31. The zero-order valence-electron chi connectivity index (χ0n) is 14.3. The van der Waals surface area contributed by atoms with Gasteiger partial charge >= 0.3 is 0 Å². The second-order valence-electron chi connectivity index (χ2n) is 6.50. The Balaban J connectivity index is 1.29. The van der Waals surface area contributed by atoms with Crippen LogP contribution < -0.4 is 10.6 Å². The third kappa shape index (κ3) is 3.44. The van der Waals surface area contributed by atoms with Crippen LogP contribution in [0.15, 0.2) is 42.5 Å². The summed E-state index contributed by atoms with van der Waals surface area (Å²) in [6.07, 6.45) is 3.25. The zero-order chi connectivity index (χ0) is 17.9. The van der Waals surface area contributed by atoms with Crippen LogP contribution in [0.5, 0.6) is 0 Å². The number of nitrogens with one attached hydrogen (secondary N) is 3. The van der Waals surface area contributed by atoms with Gasteiger partial charge in [-0.1, -0.05) is 18.2 Å². The molecule has 3 aromatic rings. The first-order valence-corrected chi connectivity index (χ1v) is 8.79. The topological polar surface area (TPSA) is 86.9 Å². The number of aromatic nitrogens is 2. The number of carbonyl (C=O) groups excluding carboxylic acids is 2. The largest absolute Gasteiger partial charge is 0.347 e. The Morgan fingerprint density at radius 1 is 1.04 bits per heavy atom. The molecular weight excluding hydrogens is 328 g/mol. The van der Waals surface area contributed by atoms with E-state index in [1.807, 2.05) is 42.5 Å². The predicted octanol–water partition coefficient (Wildman–Crippen LogP) is 2.10. The van der Waals surface area contributed by atoms with E-state index >= 15 is 0 Å². The van der Waals surface area contributed by atoms with E-state index in [0.29, 0.717) is 17.9 Å². The highest BCUT2D eigenvalue weighted by Gasteiger charge is 2.14. The van der Waals surface area contributed by atoms with E-state index in [0.717, 1.165) is 30.3 Å². The first-order valence-electron chi connectivity index (χ1n) is 8.79. The minimum atomic E-state index is -0.250. The van der Waals surface area contributed by atoms with Gasteiger partial charge in [0.25, 0.3) is 5.91 Å². The van der Waals surface area contributed by atoms with Crippen molar-refractivity contribution in [3.05, 3.63) is 65.0 Å². The van der Waals surface area contributed by atoms with Gasteiger partial charge in [-0.2, -0.15) is 0 Å². The molecule has 0 fully saturated rings. The highest BCUT2D eigenvalue weighted by atomic mass is 16.2. The second-order valence-corrected chi connectivity index (χ2v) is 6.50. The fourth-order valence-electron chi connectivity index (χ4n) is 3.31. The first-order chi connectivity index (χ1) is 12.7. The average molecular weight is 348 g/mol. The van der Waals surface area contributed by atoms with Crippen LogP contribution in [0.2, 0.25) is 0 Å². The number of hydrogen-bond donors (Lipinski definition) is 3. The molecule has 0 aliphatic heterocycles. The monoisotopic (exact) mass is 348 g/mol. The quantitative estimate of drug-likeness (QED) is 0.660. The predicted molar refractivity (Wildman–Crippen MR) is 98.7 cm³/mol. The van der Waals surface area contributed by atoms with Gasteiger partial charge in [0.1, 0.15) is 5.82 Å². The Kier molecular flexibility index (Phi) is 4.39. The van der Waals surface area contributed by atoms with Gasteiger partial charge in [0.15, 0.2) is 0 Å². The molecule has 0 spiro atoms. The molecule has 3 N–H and O–H groups in total. The number of amides is 2. The molecule has 26 heavy (non-hydrogen) atoms. The number of rotatable bonds is 5. The summed E-state index contributed by atoms with van der Waals surface area (Å²) in [5, 5.41) is 5.43. The van der Waals surface area contributed by atoms with Crippen molar-refractivity contribution in [2.45, 2.75) is 25.8 Å². The summed E-state index contributed by atoms with van der Waals surface area (Å²) in [6.45, 7) is 0.234. The Morgan fingerprint density at radius 2 is 1.88 bits per heavy atom. The second kappa shape index (κ2) is 7.00. The molecule has 0 radical (unpaired) electrons. The molecule has 0 unspecified atom stereocenters. The molecule has 1 aliphatic rings. The number of para-hydroxylation sites is 2. The maximum absolute atomic E-state index is 12.2. The maximum atomic E-state index is 12.2. The van der Waals surface area contributed by atoms with Crippen LogP contribution in [0, 0.1) is 0 Å². The summed E-state index contributed by atoms with van der Waals surface area (Å²) in [4.78, 5) is 31.8. The molecule has 2 aromatic carbocycles. The molecule has 6 heteroatoms. The zero-order valence-corrected chi connectivity index (χ0v) is 14.3. The molecule has 1 aromatic heterocycles. The van der Waals surface area contributed by atoms with Gasteiger partial charge in [-0.25, -0.2) is 4.98 Å². The summed E-state index contributed by atoms with van der Waals surface area (Å²) < 4.78 is 0. The number of nitrogens with zero attached hydrogens (tertiary/aromatic N) is 1. The molecule has 132 valence electrons. The summed E-state index contributed by atoms with van der Waals surface area (Å²) >= 11 is 0. The lowest BCUT2D eigenvalue weighted by Crippen LogP contribution is -2.36. The van der Waals surface area contributed by atoms with E-state index in [4.69, 9.17) is 0 Å². The van der Waals surface area contributed by atoms with E-state index in [-0.39, 0.29) is 18.4 Å². The van der Waals surface area contributed by atoms with Gasteiger partial charge < -0.3 is 15.6 Å². The van der Waals surface area contributed by atoms with Gasteiger partial charge in [0.2, 0.25) is 5.91 Å². The average Bonchev–Trinajstić information content (AvgIpc) is 3.29. The van der Waals surface area contributed by atoms with Crippen LogP contribution in [-0.4, -0.2) is 28.3 Å². The standard InChI is InChI=1S/C20H20N4O2/c25-19(21-11-18-23-16-6-1-2-7-17(16)24-18)12-22-20(26)15-9-8-13-4-3-5-14(13)10-15/h1-2,6-10H,3-5,11-12H2,(H,21,25)(H,22,26)(H,23,24). The van der Waals surface area contributed by atoms with Gasteiger partial charge in [-0.05, 0) is 54.7 Å². The molecule has 0 saturated carbocycles. The molecular formula is C20H20N4O2. The van der Waals surface area contributed by atoms with Crippen LogP contribution in [0.25, 0.3) is 11.0 Å². The Labute approximate surface area is 151 Å². The highest BCUT2D eigenvalue weighted by molar-refractivity contribution is 5.96. The van der Waals surface area contributed by atoms with Crippen LogP contribution in [0.1, 0.15) is 33.7 Å². The van der Waals surface area contributed by atoms with Crippen LogP contribution in [0.4, 0.5) is 0 Å². The van der Waals surface area contributed by atoms with Crippen molar-refractivity contribution in [3.8, 4) is 0 Å². The number of imidazole rings is 1. The van der Waals surface area contributed by atoms with Crippen molar-refractivity contribution in [2.24, 2.45) is 0 Å². The Bertz CT molecular complexity index is 944. The number of aryl methyl sites for hydroxylation is 2. The van der Waals surface area contributed by atoms with Gasteiger partial charge in [0, 0.05) is 5.56 Å². The highest BCUT2D eigenvalue weighted by Crippen LogP contribution is 2.22. The number of carbonyl (C=O) groups is 2. The van der Waals surface area contributed by atoms with E-state index in [1.54, 1.807) is 0 Å². The lowest BCUT2D eigenvalue weighted by Gasteiger charge is -2.07. The summed E-state index contributed by atoms with van der Waals surface area (Å²) in [5.41, 5.74) is 4.97. The summed E-state index contributed by atoms with van der Waals surface area (Å²) in [7, 11) is 0. The fraction of sp³-hybridized carbons (Fsp3) is 0.250. The molecule has 6 nitrogen and oxygen atoms in total. The van der Waals surface area contributed by atoms with Gasteiger partial charge in [0.05, 0.1) is 24.1 Å². The maximum Gasteiger partial charge on any atom is 0.251 e. The number of hydrogen-bond acceptors (Lipinski definition) is 3. The van der Waals surface area contributed by atoms with Crippen molar-refractivity contribution in [2.75, 3.05) is 6.54 Å². The molecule has 2 amide bonds. The normalized spacial score (nSPS) is 12.8. The van der Waals surface area contributed by atoms with Crippen molar-refractivity contribution in [3.63, 3.8) is 0 Å². The van der Waals surface area contributed by atoms with Crippen molar-refractivity contribution < 1.29 is 9.59 Å². The molecule has 0 atom stereocenters. The SMILES string of the molecule is O=C(CNC(=O)c1ccc2c(c1)CCC2)NCc1nc2ccccc2[nH]1. The third-order valence-corrected chi connectivity index (χ3v) is 4.66. The van der Waals surface area contributed by atoms with Crippen molar-refractivity contribution in [1.29, 1.82) is 0 Å². The minimum absolute atomic E-state index is 0.0594. The molecule has 1 aliphatic carbocycles. The Hall–Kier alpha value is -3.15. The summed E-state index contributed by atoms with van der Waals surface area (Å²) in [6, 6.07) is 13.5. The van der Waals surface area contributed by atoms with E-state index in [1.165, 1.54) is 11.1 Å². The number of H-pyrrole nitrogens is 1. The van der Waals surface area contributed by atoms with Crippen molar-refractivity contribution >= 4 is 22.8 Å². The third-order valence-electron chi connectivity index (χ3n) is 4.66. The van der Waals surface area contributed by atoms with Crippen LogP contribution in [0.3, 0.4) is 0 Å². The minimum Gasteiger partial charge on any atom is -0.347 e. The van der Waals surface area contributed by atoms with Gasteiger partial charge in [-0.3, -0.25) is 9.59 Å². The lowest BCUT2D eigenvalue weighted by atomic mass is 10.1. The molecule has 0 saturated heterocycles. The lowest BCUT2D eigenvalue weighted by molar-refractivity contribution is -0.120. The van der Waals surface area contributed by atoms with Gasteiger partial charge in [-0.15, -0.1) is 0 Å². The summed E-state index contributed by atoms with van der Waals surface area (Å²) in [5.74, 6) is 0.211. The first kappa shape index (κ1) is 16.3. The molecule has 0 bridgehead atoms. The van der Waals surface area contributed by atoms with Crippen molar-refractivity contribution in [1.82, 2.24) is 20.6 Å². The van der Waals surface area contributed by atoms with Crippen LogP contribution >= 0.6 is 0 Å². The van der Waals surface area contributed by atoms with E-state index in [2.05, 4.69) is 20.6 Å². The number of fused-ring (bicyclic) bond motifs is 2. The number of aromatic amines is 1. The number of benzene rings is 2. The van der Waals surface area contributed by atoms with Crippen LogP contribution in [-0.2, 0) is 24.2 Å². The molecule has 1 heterocycles. The van der Waals surface area contributed by atoms with E-state index in [9.17, 15) is 9.59 Å². The van der Waals surface area contributed by atoms with E-state index < -0.39 is 0 Å². The smallest absolute Gasteiger partial charge is 0.251 e. The Morgan fingerprint density at radius 3 is 2.77 bits per heavy atom.